The summed E-state index contributed by atoms with van der Waals surface area (Å²) in [5, 5.41) is 14.8. The Balaban J connectivity index is 2.02. The minimum atomic E-state index is 0.196. The Labute approximate surface area is 117 Å². The van der Waals surface area contributed by atoms with Crippen molar-refractivity contribution in [2.24, 2.45) is 5.92 Å². The number of H-pyrrole nitrogens is 1. The maximum Gasteiger partial charge on any atom is 0.139 e. The van der Waals surface area contributed by atoms with E-state index >= 15 is 0 Å². The Morgan fingerprint density at radius 3 is 3.05 bits per heavy atom. The van der Waals surface area contributed by atoms with Gasteiger partial charge in [-0.05, 0) is 37.0 Å². The first-order valence-electron chi connectivity index (χ1n) is 6.77. The Kier molecular flexibility index (Phi) is 3.28. The van der Waals surface area contributed by atoms with Crippen molar-refractivity contribution >= 4 is 11.0 Å². The van der Waals surface area contributed by atoms with Crippen molar-refractivity contribution in [1.29, 1.82) is 0 Å². The summed E-state index contributed by atoms with van der Waals surface area (Å²) in [6, 6.07) is 3.96. The number of aromatic amines is 1. The minimum Gasteiger partial charge on any atom is -0.396 e. The van der Waals surface area contributed by atoms with Crippen LogP contribution in [0.15, 0.2) is 30.7 Å². The summed E-state index contributed by atoms with van der Waals surface area (Å²) < 4.78 is 1.90. The zero-order valence-electron chi connectivity index (χ0n) is 11.7. The first-order chi connectivity index (χ1) is 9.69. The summed E-state index contributed by atoms with van der Waals surface area (Å²) in [5.41, 5.74) is 4.06. The number of fused-ring (bicyclic) bond motifs is 1. The third-order valence-electron chi connectivity index (χ3n) is 3.56. The SMILES string of the molecule is Cc1nn(-c2ccnc3[nH]ccc23)cc1CC(C)CO. The molecule has 0 amide bonds. The molecule has 5 nitrogen and oxygen atoms in total. The molecule has 0 aliphatic heterocycles. The van der Waals surface area contributed by atoms with Gasteiger partial charge >= 0.3 is 0 Å². The molecular formula is C15H18N4O. The van der Waals surface area contributed by atoms with Gasteiger partial charge in [0.05, 0.1) is 11.4 Å². The van der Waals surface area contributed by atoms with Crippen molar-refractivity contribution in [3.8, 4) is 5.69 Å². The molecule has 0 aliphatic carbocycles. The van der Waals surface area contributed by atoms with Crippen LogP contribution < -0.4 is 0 Å². The number of hydrogen-bond acceptors (Lipinski definition) is 3. The maximum atomic E-state index is 9.18. The summed E-state index contributed by atoms with van der Waals surface area (Å²) in [5.74, 6) is 0.246. The van der Waals surface area contributed by atoms with Crippen LogP contribution in [0.1, 0.15) is 18.2 Å². The predicted molar refractivity (Wildman–Crippen MR) is 77.9 cm³/mol. The van der Waals surface area contributed by atoms with E-state index in [1.165, 1.54) is 5.56 Å². The van der Waals surface area contributed by atoms with E-state index in [1.54, 1.807) is 6.20 Å². The molecule has 5 heteroatoms. The molecule has 3 heterocycles. The zero-order chi connectivity index (χ0) is 14.1. The number of nitrogens with zero attached hydrogens (tertiary/aromatic N) is 3. The molecule has 1 atom stereocenters. The molecule has 0 aromatic carbocycles. The first-order valence-corrected chi connectivity index (χ1v) is 6.77. The van der Waals surface area contributed by atoms with E-state index in [9.17, 15) is 5.11 Å². The summed E-state index contributed by atoms with van der Waals surface area (Å²) >= 11 is 0. The van der Waals surface area contributed by atoms with Gasteiger partial charge in [0.1, 0.15) is 5.65 Å². The molecule has 0 fully saturated rings. The molecule has 3 rings (SSSR count). The van der Waals surface area contributed by atoms with Crippen molar-refractivity contribution in [1.82, 2.24) is 19.7 Å². The lowest BCUT2D eigenvalue weighted by molar-refractivity contribution is 0.237. The van der Waals surface area contributed by atoms with Gasteiger partial charge in [0.15, 0.2) is 0 Å². The highest BCUT2D eigenvalue weighted by atomic mass is 16.3. The number of hydrogen-bond donors (Lipinski definition) is 2. The van der Waals surface area contributed by atoms with Crippen LogP contribution in [0, 0.1) is 12.8 Å². The number of aryl methyl sites for hydroxylation is 1. The highest BCUT2D eigenvalue weighted by molar-refractivity contribution is 5.84. The summed E-state index contributed by atoms with van der Waals surface area (Å²) in [4.78, 5) is 7.40. The normalized spacial score (nSPS) is 12.9. The fourth-order valence-electron chi connectivity index (χ4n) is 2.41. The molecular weight excluding hydrogens is 252 g/mol. The van der Waals surface area contributed by atoms with Gasteiger partial charge in [-0.2, -0.15) is 5.10 Å². The van der Waals surface area contributed by atoms with Crippen molar-refractivity contribution in [2.45, 2.75) is 20.3 Å². The number of aliphatic hydroxyl groups is 1. The molecule has 1 unspecified atom stereocenters. The second-order valence-corrected chi connectivity index (χ2v) is 5.25. The lowest BCUT2D eigenvalue weighted by Gasteiger charge is -2.05. The highest BCUT2D eigenvalue weighted by Gasteiger charge is 2.12. The van der Waals surface area contributed by atoms with E-state index in [0.717, 1.165) is 28.8 Å². The largest absolute Gasteiger partial charge is 0.396 e. The molecule has 3 aromatic rings. The predicted octanol–water partition coefficient (Wildman–Crippen LogP) is 2.23. The van der Waals surface area contributed by atoms with Crippen molar-refractivity contribution < 1.29 is 5.11 Å². The summed E-state index contributed by atoms with van der Waals surface area (Å²) in [6.45, 7) is 4.24. The van der Waals surface area contributed by atoms with E-state index in [2.05, 4.69) is 15.1 Å². The molecule has 0 saturated heterocycles. The third kappa shape index (κ3) is 2.20. The van der Waals surface area contributed by atoms with Gasteiger partial charge < -0.3 is 10.1 Å². The van der Waals surface area contributed by atoms with Gasteiger partial charge in [-0.15, -0.1) is 0 Å². The summed E-state index contributed by atoms with van der Waals surface area (Å²) in [7, 11) is 0. The second kappa shape index (κ2) is 5.09. The molecule has 20 heavy (non-hydrogen) atoms. The van der Waals surface area contributed by atoms with Crippen LogP contribution >= 0.6 is 0 Å². The number of rotatable bonds is 4. The van der Waals surface area contributed by atoms with Crippen LogP contribution in [0.3, 0.4) is 0 Å². The number of nitrogens with one attached hydrogen (secondary N) is 1. The molecule has 0 spiro atoms. The van der Waals surface area contributed by atoms with Crippen LogP contribution in [0.4, 0.5) is 0 Å². The van der Waals surface area contributed by atoms with E-state index < -0.39 is 0 Å². The molecule has 2 N–H and O–H groups in total. The molecule has 0 radical (unpaired) electrons. The van der Waals surface area contributed by atoms with E-state index in [4.69, 9.17) is 0 Å². The number of aromatic nitrogens is 4. The van der Waals surface area contributed by atoms with E-state index in [1.807, 2.05) is 43.1 Å². The molecule has 104 valence electrons. The Bertz CT molecular complexity index is 728. The quantitative estimate of drug-likeness (QED) is 0.764. The van der Waals surface area contributed by atoms with E-state index in [-0.39, 0.29) is 12.5 Å². The zero-order valence-corrected chi connectivity index (χ0v) is 11.7. The number of pyridine rings is 1. The average molecular weight is 270 g/mol. The van der Waals surface area contributed by atoms with Crippen LogP contribution in [0.5, 0.6) is 0 Å². The second-order valence-electron chi connectivity index (χ2n) is 5.25. The van der Waals surface area contributed by atoms with Crippen LogP contribution in [-0.2, 0) is 6.42 Å². The molecule has 3 aromatic heterocycles. The van der Waals surface area contributed by atoms with Gasteiger partial charge in [0, 0.05) is 30.6 Å². The smallest absolute Gasteiger partial charge is 0.139 e. The Morgan fingerprint density at radius 2 is 2.25 bits per heavy atom. The monoisotopic (exact) mass is 270 g/mol. The molecule has 0 saturated carbocycles. The highest BCUT2D eigenvalue weighted by Crippen LogP contribution is 2.21. The van der Waals surface area contributed by atoms with Crippen LogP contribution in [0.25, 0.3) is 16.7 Å². The van der Waals surface area contributed by atoms with Crippen molar-refractivity contribution in [2.75, 3.05) is 6.61 Å². The van der Waals surface area contributed by atoms with E-state index in [0.29, 0.717) is 0 Å². The van der Waals surface area contributed by atoms with Gasteiger partial charge in [-0.25, -0.2) is 9.67 Å². The van der Waals surface area contributed by atoms with Crippen molar-refractivity contribution in [3.63, 3.8) is 0 Å². The standard InChI is InChI=1S/C15H18N4O/c1-10(9-20)7-12-8-19(18-11(12)2)14-4-6-17-15-13(14)3-5-16-15/h3-6,8,10,20H,7,9H2,1-2H3,(H,16,17). The first kappa shape index (κ1) is 12.9. The average Bonchev–Trinajstić information content (AvgIpc) is 3.05. The van der Waals surface area contributed by atoms with Crippen LogP contribution in [-0.4, -0.2) is 31.5 Å². The fraction of sp³-hybridized carbons (Fsp3) is 0.333. The molecule has 0 aliphatic rings. The summed E-state index contributed by atoms with van der Waals surface area (Å²) in [6.07, 6.45) is 6.54. The fourth-order valence-corrected chi connectivity index (χ4v) is 2.41. The lowest BCUT2D eigenvalue weighted by Crippen LogP contribution is -2.04. The Hall–Kier alpha value is -2.14. The van der Waals surface area contributed by atoms with Gasteiger partial charge in [-0.3, -0.25) is 0 Å². The number of aliphatic hydroxyl groups excluding tert-OH is 1. The lowest BCUT2D eigenvalue weighted by atomic mass is 10.0. The van der Waals surface area contributed by atoms with Gasteiger partial charge in [-0.1, -0.05) is 6.92 Å². The maximum absolute atomic E-state index is 9.18. The topological polar surface area (TPSA) is 66.7 Å². The third-order valence-corrected chi connectivity index (χ3v) is 3.56. The molecule has 0 bridgehead atoms. The van der Waals surface area contributed by atoms with Crippen LogP contribution in [0.2, 0.25) is 0 Å². The van der Waals surface area contributed by atoms with Gasteiger partial charge in [0.2, 0.25) is 0 Å². The van der Waals surface area contributed by atoms with Gasteiger partial charge in [0.25, 0.3) is 0 Å². The minimum absolute atomic E-state index is 0.196. The Morgan fingerprint density at radius 1 is 1.40 bits per heavy atom. The van der Waals surface area contributed by atoms with Crippen molar-refractivity contribution in [3.05, 3.63) is 42.0 Å².